The van der Waals surface area contributed by atoms with Crippen molar-refractivity contribution in [3.63, 3.8) is 0 Å². The number of fused-ring (bicyclic) bond motifs is 3. The lowest BCUT2D eigenvalue weighted by molar-refractivity contribution is -0.131. The number of aromatic hydroxyl groups is 1. The number of phenols is 1. The van der Waals surface area contributed by atoms with Crippen LogP contribution in [0.5, 0.6) is 23.0 Å². The Morgan fingerprint density at radius 2 is 1.58 bits per heavy atom. The molecule has 2 heterocycles. The molecule has 6 heteroatoms. The summed E-state index contributed by atoms with van der Waals surface area (Å²) in [5.41, 5.74) is 1.52. The minimum Gasteiger partial charge on any atom is -0.507 e. The average Bonchev–Trinajstić information content (AvgIpc) is 3.27. The van der Waals surface area contributed by atoms with Crippen LogP contribution in [0.3, 0.4) is 0 Å². The molecule has 6 rings (SSSR count). The highest BCUT2D eigenvalue weighted by Gasteiger charge is 2.47. The van der Waals surface area contributed by atoms with Crippen LogP contribution in [0.1, 0.15) is 21.5 Å². The van der Waals surface area contributed by atoms with Crippen LogP contribution in [-0.2, 0) is 10.5 Å². The number of hydrogen-bond donors (Lipinski definition) is 1. The van der Waals surface area contributed by atoms with Crippen LogP contribution in [0, 0.1) is 0 Å². The summed E-state index contributed by atoms with van der Waals surface area (Å²) in [4.78, 5) is 13.2. The Labute approximate surface area is 177 Å². The Morgan fingerprint density at radius 1 is 0.742 bits per heavy atom. The largest absolute Gasteiger partial charge is 0.507 e. The number of ether oxygens (including phenoxy) is 4. The monoisotopic (exact) mass is 412 g/mol. The number of phenolic OH excluding ortho intramolecular Hbond substituents is 1. The highest BCUT2D eigenvalue weighted by atomic mass is 16.7. The molecule has 31 heavy (non-hydrogen) atoms. The summed E-state index contributed by atoms with van der Waals surface area (Å²) < 4.78 is 23.4. The van der Waals surface area contributed by atoms with E-state index in [4.69, 9.17) is 18.9 Å². The van der Waals surface area contributed by atoms with Crippen molar-refractivity contribution in [3.05, 3.63) is 95.6 Å². The van der Waals surface area contributed by atoms with Crippen molar-refractivity contribution in [2.75, 3.05) is 6.79 Å². The van der Waals surface area contributed by atoms with Gasteiger partial charge in [0.1, 0.15) is 17.1 Å². The topological polar surface area (TPSA) is 74.2 Å². The predicted octanol–water partition coefficient (Wildman–Crippen LogP) is 4.72. The summed E-state index contributed by atoms with van der Waals surface area (Å²) in [6.07, 6.45) is 0. The highest BCUT2D eigenvalue weighted by molar-refractivity contribution is 6.01. The summed E-state index contributed by atoms with van der Waals surface area (Å²) in [5.74, 6) is -0.444. The van der Waals surface area contributed by atoms with Crippen molar-refractivity contribution in [2.24, 2.45) is 0 Å². The van der Waals surface area contributed by atoms with E-state index < -0.39 is 11.8 Å². The van der Waals surface area contributed by atoms with Gasteiger partial charge < -0.3 is 24.1 Å². The van der Waals surface area contributed by atoms with E-state index in [0.717, 1.165) is 5.39 Å². The summed E-state index contributed by atoms with van der Waals surface area (Å²) in [6.45, 7) is 0.131. The molecule has 0 fully saturated rings. The summed E-state index contributed by atoms with van der Waals surface area (Å²) in [5, 5.41) is 11.6. The van der Waals surface area contributed by atoms with Gasteiger partial charge in [-0.3, -0.25) is 0 Å². The molecule has 152 valence electrons. The van der Waals surface area contributed by atoms with E-state index in [-0.39, 0.29) is 12.5 Å². The van der Waals surface area contributed by atoms with Crippen LogP contribution >= 0.6 is 0 Å². The minimum absolute atomic E-state index is 0.108. The van der Waals surface area contributed by atoms with E-state index in [0.29, 0.717) is 39.3 Å². The maximum atomic E-state index is 13.2. The van der Waals surface area contributed by atoms with Gasteiger partial charge in [-0.05, 0) is 41.8 Å². The quantitative estimate of drug-likeness (QED) is 0.480. The fourth-order valence-corrected chi connectivity index (χ4v) is 4.06. The average molecular weight is 412 g/mol. The summed E-state index contributed by atoms with van der Waals surface area (Å²) in [6, 6.07) is 23.0. The van der Waals surface area contributed by atoms with Gasteiger partial charge >= 0.3 is 11.8 Å². The number of carbonyl (C=O) groups excluding carboxylic acids is 1. The van der Waals surface area contributed by atoms with Gasteiger partial charge in [-0.25, -0.2) is 4.79 Å². The van der Waals surface area contributed by atoms with E-state index in [1.165, 1.54) is 0 Å². The predicted molar refractivity (Wildman–Crippen MR) is 111 cm³/mol. The molecular formula is C25H16O6. The van der Waals surface area contributed by atoms with Crippen molar-refractivity contribution >= 4 is 16.7 Å². The van der Waals surface area contributed by atoms with Gasteiger partial charge in [0.2, 0.25) is 6.79 Å². The van der Waals surface area contributed by atoms with Gasteiger partial charge in [0.15, 0.2) is 11.5 Å². The van der Waals surface area contributed by atoms with Crippen LogP contribution in [-0.4, -0.2) is 17.9 Å². The Kier molecular flexibility index (Phi) is 3.65. The fraction of sp³-hybridized carbons (Fsp3) is 0.0800. The normalized spacial score (nSPS) is 18.9. The third-order valence-corrected chi connectivity index (χ3v) is 5.57. The second-order valence-electron chi connectivity index (χ2n) is 7.39. The minimum atomic E-state index is -1.52. The first-order valence-electron chi connectivity index (χ1n) is 9.78. The van der Waals surface area contributed by atoms with Gasteiger partial charge in [0, 0.05) is 16.5 Å². The molecule has 0 radical (unpaired) electrons. The first-order chi connectivity index (χ1) is 15.1. The molecule has 4 aromatic rings. The number of cyclic esters (lactones) is 1. The molecule has 0 amide bonds. The molecule has 0 saturated carbocycles. The molecule has 1 atom stereocenters. The standard InChI is InChI=1S/C25H16O6/c26-20-8-4-5-15-11-19-22(13-18(15)20)30-25(31-24(19)27,16-6-2-1-3-7-16)17-9-10-21-23(12-17)29-14-28-21/h1-13,26H,14H2. The smallest absolute Gasteiger partial charge is 0.345 e. The second kappa shape index (κ2) is 6.40. The summed E-state index contributed by atoms with van der Waals surface area (Å²) in [7, 11) is 0. The zero-order chi connectivity index (χ0) is 21.0. The molecule has 4 aromatic carbocycles. The maximum Gasteiger partial charge on any atom is 0.345 e. The third-order valence-electron chi connectivity index (χ3n) is 5.57. The van der Waals surface area contributed by atoms with Gasteiger partial charge in [0.25, 0.3) is 0 Å². The van der Waals surface area contributed by atoms with E-state index in [9.17, 15) is 9.90 Å². The Bertz CT molecular complexity index is 1350. The van der Waals surface area contributed by atoms with Crippen LogP contribution in [0.15, 0.2) is 78.9 Å². The lowest BCUT2D eigenvalue weighted by Gasteiger charge is -2.38. The molecular weight excluding hydrogens is 396 g/mol. The number of esters is 1. The van der Waals surface area contributed by atoms with Crippen LogP contribution in [0.4, 0.5) is 0 Å². The molecule has 0 aromatic heterocycles. The number of hydrogen-bond acceptors (Lipinski definition) is 6. The second-order valence-corrected chi connectivity index (χ2v) is 7.39. The molecule has 1 N–H and O–H groups in total. The Balaban J connectivity index is 1.58. The lowest BCUT2D eigenvalue weighted by Crippen LogP contribution is -2.43. The van der Waals surface area contributed by atoms with Crippen molar-refractivity contribution in [1.82, 2.24) is 0 Å². The highest BCUT2D eigenvalue weighted by Crippen LogP contribution is 2.46. The fourth-order valence-electron chi connectivity index (χ4n) is 4.06. The number of benzene rings is 4. The molecule has 0 saturated heterocycles. The molecule has 0 aliphatic carbocycles. The maximum absolute atomic E-state index is 13.2. The van der Waals surface area contributed by atoms with Crippen molar-refractivity contribution in [2.45, 2.75) is 5.79 Å². The number of carbonyl (C=O) groups is 1. The third kappa shape index (κ3) is 2.61. The molecule has 0 spiro atoms. The molecule has 2 aliphatic heterocycles. The zero-order valence-electron chi connectivity index (χ0n) is 16.2. The first kappa shape index (κ1) is 17.7. The van der Waals surface area contributed by atoms with E-state index >= 15 is 0 Å². The van der Waals surface area contributed by atoms with E-state index in [2.05, 4.69) is 0 Å². The van der Waals surface area contributed by atoms with Gasteiger partial charge in [-0.1, -0.05) is 42.5 Å². The molecule has 0 bridgehead atoms. The molecule has 6 nitrogen and oxygen atoms in total. The van der Waals surface area contributed by atoms with Crippen molar-refractivity contribution in [1.29, 1.82) is 0 Å². The first-order valence-corrected chi connectivity index (χ1v) is 9.78. The van der Waals surface area contributed by atoms with Crippen LogP contribution in [0.2, 0.25) is 0 Å². The SMILES string of the molecule is O=C1OC(c2ccccc2)(c2ccc3c(c2)OCO3)Oc2cc3c(O)cccc3cc21. The van der Waals surface area contributed by atoms with Crippen LogP contribution < -0.4 is 14.2 Å². The Hall–Kier alpha value is -4.19. The van der Waals surface area contributed by atoms with Gasteiger partial charge in [0.05, 0.1) is 0 Å². The summed E-state index contributed by atoms with van der Waals surface area (Å²) >= 11 is 0. The molecule has 2 aliphatic rings. The lowest BCUT2D eigenvalue weighted by atomic mass is 9.94. The van der Waals surface area contributed by atoms with E-state index in [1.807, 2.05) is 36.4 Å². The Morgan fingerprint density at radius 3 is 2.45 bits per heavy atom. The van der Waals surface area contributed by atoms with Crippen LogP contribution in [0.25, 0.3) is 10.8 Å². The van der Waals surface area contributed by atoms with Gasteiger partial charge in [-0.2, -0.15) is 0 Å². The van der Waals surface area contributed by atoms with Crippen molar-refractivity contribution < 1.29 is 28.8 Å². The van der Waals surface area contributed by atoms with E-state index in [1.54, 1.807) is 42.5 Å². The zero-order valence-corrected chi connectivity index (χ0v) is 16.2. The van der Waals surface area contributed by atoms with Gasteiger partial charge in [-0.15, -0.1) is 0 Å². The number of rotatable bonds is 2. The molecule has 1 unspecified atom stereocenters. The van der Waals surface area contributed by atoms with Crippen molar-refractivity contribution in [3.8, 4) is 23.0 Å².